The summed E-state index contributed by atoms with van der Waals surface area (Å²) in [6.45, 7) is 2.62. The van der Waals surface area contributed by atoms with Crippen molar-refractivity contribution in [2.24, 2.45) is 0 Å². The molecule has 1 rings (SSSR count). The molecule has 1 saturated heterocycles. The Labute approximate surface area is 178 Å². The minimum atomic E-state index is -0.989. The van der Waals surface area contributed by atoms with Gasteiger partial charge in [0.1, 0.15) is 24.4 Å². The molecule has 3 N–H and O–H groups in total. The highest BCUT2D eigenvalue weighted by Gasteiger charge is 2.39. The van der Waals surface area contributed by atoms with Crippen molar-refractivity contribution < 1.29 is 24.8 Å². The molecule has 0 aromatic carbocycles. The zero-order valence-electron chi connectivity index (χ0n) is 18.6. The molecule has 0 bridgehead atoms. The standard InChI is InChI=1S/C24H46O5/c1-2-3-4-5-6-7-8-9-10-11-12-13-14-15-16-17-18-28-24-22(19-25)29-20-21(26)23(24)27/h7-8,21-27H,2-6,9-20H2,1H3/b8-7+/t21-,22+,23+,24+/m0/s1. The SMILES string of the molecule is CCCCCC/C=C/CCCCCCCCCCO[C@H]1[C@H](O)[C@@H](O)CO[C@@H]1CO. The molecular formula is C24H46O5. The molecule has 1 aliphatic rings. The Morgan fingerprint density at radius 1 is 0.828 bits per heavy atom. The van der Waals surface area contributed by atoms with Crippen molar-refractivity contribution in [2.75, 3.05) is 19.8 Å². The molecule has 0 amide bonds. The fourth-order valence-electron chi connectivity index (χ4n) is 3.79. The van der Waals surface area contributed by atoms with Crippen LogP contribution in [-0.4, -0.2) is 59.6 Å². The molecule has 1 fully saturated rings. The number of hydrogen-bond donors (Lipinski definition) is 3. The van der Waals surface area contributed by atoms with E-state index in [4.69, 9.17) is 9.47 Å². The Balaban J connectivity index is 1.87. The molecule has 0 saturated carbocycles. The first-order valence-electron chi connectivity index (χ1n) is 12.1. The van der Waals surface area contributed by atoms with E-state index in [-0.39, 0.29) is 13.2 Å². The van der Waals surface area contributed by atoms with E-state index in [1.54, 1.807) is 0 Å². The van der Waals surface area contributed by atoms with Gasteiger partial charge in [0, 0.05) is 6.61 Å². The third-order valence-corrected chi connectivity index (χ3v) is 5.72. The van der Waals surface area contributed by atoms with Crippen LogP contribution in [0.1, 0.15) is 96.8 Å². The highest BCUT2D eigenvalue weighted by Crippen LogP contribution is 2.19. The van der Waals surface area contributed by atoms with Crippen molar-refractivity contribution in [3.05, 3.63) is 12.2 Å². The van der Waals surface area contributed by atoms with Crippen LogP contribution < -0.4 is 0 Å². The van der Waals surface area contributed by atoms with Gasteiger partial charge in [-0.3, -0.25) is 0 Å². The predicted octanol–water partition coefficient (Wildman–Crippen LogP) is 4.52. The van der Waals surface area contributed by atoms with Gasteiger partial charge in [0.05, 0.1) is 13.2 Å². The molecule has 0 spiro atoms. The largest absolute Gasteiger partial charge is 0.394 e. The van der Waals surface area contributed by atoms with E-state index in [0.29, 0.717) is 6.61 Å². The second-order valence-electron chi connectivity index (χ2n) is 8.39. The molecule has 0 aromatic rings. The van der Waals surface area contributed by atoms with Crippen LogP contribution >= 0.6 is 0 Å². The maximum Gasteiger partial charge on any atom is 0.114 e. The van der Waals surface area contributed by atoms with E-state index in [2.05, 4.69) is 19.1 Å². The molecule has 0 aromatic heterocycles. The Morgan fingerprint density at radius 3 is 1.97 bits per heavy atom. The summed E-state index contributed by atoms with van der Waals surface area (Å²) in [5.41, 5.74) is 0. The minimum absolute atomic E-state index is 0.0432. The van der Waals surface area contributed by atoms with Gasteiger partial charge >= 0.3 is 0 Å². The fourth-order valence-corrected chi connectivity index (χ4v) is 3.79. The molecule has 0 aliphatic carbocycles. The van der Waals surface area contributed by atoms with Crippen molar-refractivity contribution in [3.8, 4) is 0 Å². The van der Waals surface area contributed by atoms with Crippen molar-refractivity contribution in [3.63, 3.8) is 0 Å². The van der Waals surface area contributed by atoms with Crippen LogP contribution in [-0.2, 0) is 9.47 Å². The van der Waals surface area contributed by atoms with Crippen molar-refractivity contribution in [1.82, 2.24) is 0 Å². The second kappa shape index (κ2) is 18.3. The van der Waals surface area contributed by atoms with Crippen molar-refractivity contribution >= 4 is 0 Å². The maximum absolute atomic E-state index is 10.0. The first-order valence-corrected chi connectivity index (χ1v) is 12.1. The molecule has 0 unspecified atom stereocenters. The van der Waals surface area contributed by atoms with Gasteiger partial charge in [-0.2, -0.15) is 0 Å². The monoisotopic (exact) mass is 414 g/mol. The molecule has 0 radical (unpaired) electrons. The summed E-state index contributed by atoms with van der Waals surface area (Å²) in [7, 11) is 0. The Kier molecular flexibility index (Phi) is 16.8. The van der Waals surface area contributed by atoms with Gasteiger partial charge in [-0.1, -0.05) is 76.9 Å². The van der Waals surface area contributed by atoms with Crippen LogP contribution in [0, 0.1) is 0 Å². The number of allylic oxidation sites excluding steroid dienone is 2. The van der Waals surface area contributed by atoms with Crippen LogP contribution in [0.3, 0.4) is 0 Å². The van der Waals surface area contributed by atoms with E-state index in [1.165, 1.54) is 77.0 Å². The lowest BCUT2D eigenvalue weighted by Gasteiger charge is -2.37. The van der Waals surface area contributed by atoms with Crippen molar-refractivity contribution in [2.45, 2.75) is 121 Å². The molecule has 4 atom stereocenters. The van der Waals surface area contributed by atoms with E-state index in [1.807, 2.05) is 0 Å². The number of aliphatic hydroxyl groups excluding tert-OH is 3. The van der Waals surface area contributed by atoms with Gasteiger partial charge in [-0.05, 0) is 32.1 Å². The number of hydrogen-bond acceptors (Lipinski definition) is 5. The quantitative estimate of drug-likeness (QED) is 0.227. The lowest BCUT2D eigenvalue weighted by molar-refractivity contribution is -0.211. The van der Waals surface area contributed by atoms with Crippen LogP contribution in [0.4, 0.5) is 0 Å². The van der Waals surface area contributed by atoms with Crippen LogP contribution in [0.15, 0.2) is 12.2 Å². The lowest BCUT2D eigenvalue weighted by Crippen LogP contribution is -2.55. The summed E-state index contributed by atoms with van der Waals surface area (Å²) in [4.78, 5) is 0. The number of ether oxygens (including phenoxy) is 2. The summed E-state index contributed by atoms with van der Waals surface area (Å²) in [6.07, 6.45) is 19.2. The van der Waals surface area contributed by atoms with E-state index >= 15 is 0 Å². The molecule has 29 heavy (non-hydrogen) atoms. The summed E-state index contributed by atoms with van der Waals surface area (Å²) in [5, 5.41) is 29.0. The van der Waals surface area contributed by atoms with Gasteiger partial charge < -0.3 is 24.8 Å². The van der Waals surface area contributed by atoms with Gasteiger partial charge in [0.15, 0.2) is 0 Å². The maximum atomic E-state index is 10.0. The third kappa shape index (κ3) is 12.7. The summed E-state index contributed by atoms with van der Waals surface area (Å²) in [6, 6.07) is 0. The van der Waals surface area contributed by atoms with Gasteiger partial charge in [-0.25, -0.2) is 0 Å². The zero-order valence-corrected chi connectivity index (χ0v) is 18.6. The first kappa shape index (κ1) is 26.6. The second-order valence-corrected chi connectivity index (χ2v) is 8.39. The average molecular weight is 415 g/mol. The smallest absolute Gasteiger partial charge is 0.114 e. The van der Waals surface area contributed by atoms with Gasteiger partial charge in [0.2, 0.25) is 0 Å². The highest BCUT2D eigenvalue weighted by atomic mass is 16.6. The minimum Gasteiger partial charge on any atom is -0.394 e. The molecule has 5 nitrogen and oxygen atoms in total. The van der Waals surface area contributed by atoms with E-state index in [9.17, 15) is 15.3 Å². The third-order valence-electron chi connectivity index (χ3n) is 5.72. The highest BCUT2D eigenvalue weighted by molar-refractivity contribution is 4.87. The van der Waals surface area contributed by atoms with E-state index < -0.39 is 24.4 Å². The first-order chi connectivity index (χ1) is 14.2. The zero-order chi connectivity index (χ0) is 21.2. The number of unbranched alkanes of at least 4 members (excludes halogenated alkanes) is 12. The summed E-state index contributed by atoms with van der Waals surface area (Å²) < 4.78 is 11.0. The molecule has 1 aliphatic heterocycles. The predicted molar refractivity (Wildman–Crippen MR) is 118 cm³/mol. The van der Waals surface area contributed by atoms with Crippen LogP contribution in [0.2, 0.25) is 0 Å². The van der Waals surface area contributed by atoms with Gasteiger partial charge in [-0.15, -0.1) is 0 Å². The lowest BCUT2D eigenvalue weighted by atomic mass is 10.0. The molecular weight excluding hydrogens is 368 g/mol. The van der Waals surface area contributed by atoms with E-state index in [0.717, 1.165) is 12.8 Å². The Morgan fingerprint density at radius 2 is 1.38 bits per heavy atom. The fraction of sp³-hybridized carbons (Fsp3) is 0.917. The molecule has 1 heterocycles. The van der Waals surface area contributed by atoms with Crippen molar-refractivity contribution in [1.29, 1.82) is 0 Å². The Bertz CT molecular complexity index is 385. The number of rotatable bonds is 18. The summed E-state index contributed by atoms with van der Waals surface area (Å²) >= 11 is 0. The van der Waals surface area contributed by atoms with Gasteiger partial charge in [0.25, 0.3) is 0 Å². The van der Waals surface area contributed by atoms with Crippen LogP contribution in [0.25, 0.3) is 0 Å². The normalized spacial score (nSPS) is 25.1. The molecule has 5 heteroatoms. The topological polar surface area (TPSA) is 79.2 Å². The summed E-state index contributed by atoms with van der Waals surface area (Å²) in [5.74, 6) is 0. The Hall–Kier alpha value is -0.460. The molecule has 172 valence electrons. The number of aliphatic hydroxyl groups is 3. The average Bonchev–Trinajstić information content (AvgIpc) is 2.73. The van der Waals surface area contributed by atoms with Crippen LogP contribution in [0.5, 0.6) is 0 Å².